The van der Waals surface area contributed by atoms with Crippen molar-refractivity contribution in [3.05, 3.63) is 35.6 Å². The van der Waals surface area contributed by atoms with Crippen molar-refractivity contribution in [2.45, 2.75) is 52.1 Å². The van der Waals surface area contributed by atoms with Gasteiger partial charge < -0.3 is 5.32 Å². The van der Waals surface area contributed by atoms with Crippen LogP contribution in [0.5, 0.6) is 0 Å². The SMILES string of the molecule is CCC(C)(CC)NC(C)c1ccccc1F. The maximum Gasteiger partial charge on any atom is 0.127 e. The third-order valence-corrected chi connectivity index (χ3v) is 3.50. The van der Waals surface area contributed by atoms with Crippen molar-refractivity contribution >= 4 is 0 Å². The first kappa shape index (κ1) is 13.2. The summed E-state index contributed by atoms with van der Waals surface area (Å²) in [6.45, 7) is 8.52. The summed E-state index contributed by atoms with van der Waals surface area (Å²) in [7, 11) is 0. The fourth-order valence-electron chi connectivity index (χ4n) is 1.88. The number of rotatable bonds is 5. The number of halogens is 1. The number of hydrogen-bond donors (Lipinski definition) is 1. The third-order valence-electron chi connectivity index (χ3n) is 3.50. The number of hydrogen-bond acceptors (Lipinski definition) is 1. The zero-order chi connectivity index (χ0) is 12.2. The highest BCUT2D eigenvalue weighted by molar-refractivity contribution is 5.21. The molecule has 16 heavy (non-hydrogen) atoms. The molecule has 0 saturated heterocycles. The Morgan fingerprint density at radius 3 is 2.31 bits per heavy atom. The minimum absolute atomic E-state index is 0.0473. The summed E-state index contributed by atoms with van der Waals surface area (Å²) in [5.74, 6) is -0.128. The zero-order valence-electron chi connectivity index (χ0n) is 10.7. The lowest BCUT2D eigenvalue weighted by Crippen LogP contribution is -2.42. The summed E-state index contributed by atoms with van der Waals surface area (Å²) in [5, 5.41) is 3.51. The molecule has 1 rings (SSSR count). The van der Waals surface area contributed by atoms with Crippen LogP contribution >= 0.6 is 0 Å². The zero-order valence-corrected chi connectivity index (χ0v) is 10.7. The van der Waals surface area contributed by atoms with E-state index >= 15 is 0 Å². The lowest BCUT2D eigenvalue weighted by molar-refractivity contribution is 0.296. The Morgan fingerprint density at radius 2 is 1.81 bits per heavy atom. The van der Waals surface area contributed by atoms with Gasteiger partial charge in [-0.3, -0.25) is 0 Å². The van der Waals surface area contributed by atoms with Crippen LogP contribution in [0, 0.1) is 5.82 Å². The van der Waals surface area contributed by atoms with Gasteiger partial charge in [0.15, 0.2) is 0 Å². The minimum Gasteiger partial charge on any atom is -0.305 e. The van der Waals surface area contributed by atoms with Gasteiger partial charge in [-0.1, -0.05) is 32.0 Å². The summed E-state index contributed by atoms with van der Waals surface area (Å²) in [4.78, 5) is 0. The molecule has 0 saturated carbocycles. The summed E-state index contributed by atoms with van der Waals surface area (Å²) in [6, 6.07) is 7.02. The monoisotopic (exact) mass is 223 g/mol. The molecule has 0 spiro atoms. The second kappa shape index (κ2) is 5.44. The Kier molecular flexibility index (Phi) is 4.48. The maximum absolute atomic E-state index is 13.6. The molecule has 1 N–H and O–H groups in total. The van der Waals surface area contributed by atoms with E-state index in [1.807, 2.05) is 19.1 Å². The first-order valence-corrected chi connectivity index (χ1v) is 6.04. The van der Waals surface area contributed by atoms with E-state index in [-0.39, 0.29) is 17.4 Å². The third kappa shape index (κ3) is 3.05. The highest BCUT2D eigenvalue weighted by Gasteiger charge is 2.23. The van der Waals surface area contributed by atoms with Gasteiger partial charge in [0, 0.05) is 17.1 Å². The fourth-order valence-corrected chi connectivity index (χ4v) is 1.88. The molecule has 1 aromatic carbocycles. The van der Waals surface area contributed by atoms with Gasteiger partial charge in [0.2, 0.25) is 0 Å². The highest BCUT2D eigenvalue weighted by atomic mass is 19.1. The van der Waals surface area contributed by atoms with E-state index in [2.05, 4.69) is 26.1 Å². The van der Waals surface area contributed by atoms with E-state index in [0.717, 1.165) is 18.4 Å². The molecule has 0 fully saturated rings. The first-order valence-electron chi connectivity index (χ1n) is 6.04. The molecule has 1 unspecified atom stereocenters. The molecule has 0 bridgehead atoms. The van der Waals surface area contributed by atoms with Gasteiger partial charge in [0.1, 0.15) is 5.82 Å². The average molecular weight is 223 g/mol. The van der Waals surface area contributed by atoms with E-state index in [1.165, 1.54) is 6.07 Å². The molecule has 1 atom stereocenters. The van der Waals surface area contributed by atoms with Gasteiger partial charge in [-0.15, -0.1) is 0 Å². The van der Waals surface area contributed by atoms with Gasteiger partial charge in [0.25, 0.3) is 0 Å². The van der Waals surface area contributed by atoms with Crippen molar-refractivity contribution in [1.29, 1.82) is 0 Å². The van der Waals surface area contributed by atoms with Crippen LogP contribution in [0.2, 0.25) is 0 Å². The van der Waals surface area contributed by atoms with Crippen molar-refractivity contribution in [3.8, 4) is 0 Å². The largest absolute Gasteiger partial charge is 0.305 e. The van der Waals surface area contributed by atoms with Crippen LogP contribution in [-0.4, -0.2) is 5.54 Å². The van der Waals surface area contributed by atoms with Crippen LogP contribution in [0.25, 0.3) is 0 Å². The molecular formula is C14H22FN. The Bertz CT molecular complexity index is 331. The van der Waals surface area contributed by atoms with Gasteiger partial charge in [-0.05, 0) is 32.8 Å². The summed E-state index contributed by atoms with van der Waals surface area (Å²) in [6.07, 6.45) is 2.09. The van der Waals surface area contributed by atoms with Crippen LogP contribution < -0.4 is 5.32 Å². The van der Waals surface area contributed by atoms with E-state index in [4.69, 9.17) is 0 Å². The quantitative estimate of drug-likeness (QED) is 0.794. The van der Waals surface area contributed by atoms with E-state index in [0.29, 0.717) is 0 Å². The Labute approximate surface area is 98.1 Å². The molecular weight excluding hydrogens is 201 g/mol. The standard InChI is InChI=1S/C14H22FN/c1-5-14(4,6-2)16-11(3)12-9-7-8-10-13(12)15/h7-11,16H,5-6H2,1-4H3. The van der Waals surface area contributed by atoms with Crippen LogP contribution in [0.4, 0.5) is 4.39 Å². The second-order valence-electron chi connectivity index (χ2n) is 4.66. The summed E-state index contributed by atoms with van der Waals surface area (Å²) >= 11 is 0. The van der Waals surface area contributed by atoms with Crippen LogP contribution in [0.3, 0.4) is 0 Å². The van der Waals surface area contributed by atoms with Crippen LogP contribution in [0.15, 0.2) is 24.3 Å². The molecule has 0 amide bonds. The van der Waals surface area contributed by atoms with Gasteiger partial charge >= 0.3 is 0 Å². The molecule has 1 aromatic rings. The van der Waals surface area contributed by atoms with Gasteiger partial charge in [-0.25, -0.2) is 4.39 Å². The fraction of sp³-hybridized carbons (Fsp3) is 0.571. The van der Waals surface area contributed by atoms with E-state index in [9.17, 15) is 4.39 Å². The van der Waals surface area contributed by atoms with Crippen molar-refractivity contribution in [2.24, 2.45) is 0 Å². The topological polar surface area (TPSA) is 12.0 Å². The number of nitrogens with one attached hydrogen (secondary N) is 1. The average Bonchev–Trinajstić information content (AvgIpc) is 2.29. The van der Waals surface area contributed by atoms with Crippen LogP contribution in [0.1, 0.15) is 52.1 Å². The highest BCUT2D eigenvalue weighted by Crippen LogP contribution is 2.22. The lowest BCUT2D eigenvalue weighted by atomic mass is 9.93. The smallest absolute Gasteiger partial charge is 0.127 e. The molecule has 0 aliphatic carbocycles. The molecule has 0 radical (unpaired) electrons. The predicted molar refractivity (Wildman–Crippen MR) is 66.9 cm³/mol. The lowest BCUT2D eigenvalue weighted by Gasteiger charge is -2.32. The molecule has 90 valence electrons. The molecule has 0 aliphatic rings. The Hall–Kier alpha value is -0.890. The molecule has 0 heterocycles. The second-order valence-corrected chi connectivity index (χ2v) is 4.66. The Balaban J connectivity index is 2.80. The van der Waals surface area contributed by atoms with Gasteiger partial charge in [0.05, 0.1) is 0 Å². The van der Waals surface area contributed by atoms with Gasteiger partial charge in [-0.2, -0.15) is 0 Å². The number of benzene rings is 1. The minimum atomic E-state index is -0.128. The van der Waals surface area contributed by atoms with Crippen LogP contribution in [-0.2, 0) is 0 Å². The normalized spacial score (nSPS) is 13.8. The maximum atomic E-state index is 13.6. The van der Waals surface area contributed by atoms with Crippen molar-refractivity contribution in [3.63, 3.8) is 0 Å². The van der Waals surface area contributed by atoms with Crippen molar-refractivity contribution < 1.29 is 4.39 Å². The van der Waals surface area contributed by atoms with E-state index in [1.54, 1.807) is 6.07 Å². The Morgan fingerprint density at radius 1 is 1.25 bits per heavy atom. The molecule has 0 aromatic heterocycles. The summed E-state index contributed by atoms with van der Waals surface area (Å²) < 4.78 is 13.6. The molecule has 0 aliphatic heterocycles. The molecule has 1 nitrogen and oxygen atoms in total. The van der Waals surface area contributed by atoms with Crippen molar-refractivity contribution in [1.82, 2.24) is 5.32 Å². The predicted octanol–water partition coefficient (Wildman–Crippen LogP) is 4.06. The summed E-state index contributed by atoms with van der Waals surface area (Å²) in [5.41, 5.74) is 0.831. The molecule has 2 heteroatoms. The van der Waals surface area contributed by atoms with E-state index < -0.39 is 0 Å². The first-order chi connectivity index (χ1) is 7.52. The van der Waals surface area contributed by atoms with Crippen molar-refractivity contribution in [2.75, 3.05) is 0 Å².